The van der Waals surface area contributed by atoms with Gasteiger partial charge in [-0.15, -0.1) is 0 Å². The zero-order valence-corrected chi connectivity index (χ0v) is 18.6. The summed E-state index contributed by atoms with van der Waals surface area (Å²) in [5.74, 6) is 1.89. The van der Waals surface area contributed by atoms with Crippen molar-refractivity contribution in [3.63, 3.8) is 0 Å². The molecule has 7 nitrogen and oxygen atoms in total. The van der Waals surface area contributed by atoms with Crippen LogP contribution in [0.15, 0.2) is 24.4 Å². The Morgan fingerprint density at radius 1 is 1.26 bits per heavy atom. The van der Waals surface area contributed by atoms with E-state index in [1.165, 1.54) is 19.3 Å². The smallest absolute Gasteiger partial charge is 0.274 e. The van der Waals surface area contributed by atoms with Crippen molar-refractivity contribution in [1.82, 2.24) is 19.6 Å². The van der Waals surface area contributed by atoms with Crippen molar-refractivity contribution in [2.45, 2.75) is 45.6 Å². The van der Waals surface area contributed by atoms with Crippen molar-refractivity contribution in [3.05, 3.63) is 35.8 Å². The van der Waals surface area contributed by atoms with Gasteiger partial charge in [-0.2, -0.15) is 0 Å². The van der Waals surface area contributed by atoms with Crippen LogP contribution in [-0.2, 0) is 4.74 Å². The number of pyridine rings is 1. The minimum Gasteiger partial charge on any atom is -0.380 e. The third-order valence-electron chi connectivity index (χ3n) is 8.24. The maximum absolute atomic E-state index is 13.0. The number of imidazole rings is 1. The molecule has 4 aliphatic rings. The molecule has 2 aromatic rings. The molecule has 0 radical (unpaired) electrons. The summed E-state index contributed by atoms with van der Waals surface area (Å²) in [6, 6.07) is 5.44. The molecule has 1 saturated heterocycles. The average molecular weight is 425 g/mol. The Morgan fingerprint density at radius 2 is 2.10 bits per heavy atom. The summed E-state index contributed by atoms with van der Waals surface area (Å²) in [5.41, 5.74) is 1.90. The van der Waals surface area contributed by atoms with Crippen LogP contribution in [-0.4, -0.2) is 58.9 Å². The standard InChI is InChI=1S/C24H32N4O3/c1-24(2)16-8-7-15(18(24)11-16)12-25-22(29)20-5-4-6-21-26-19(14-28(20)21)23(30)27-10-9-17(13-27)31-3/h4-6,14-18H,7-13H2,1-3H3,(H,25,29)/t15-,16-,17-,18+/m0/s1. The molecule has 0 unspecified atom stereocenters. The molecule has 166 valence electrons. The maximum Gasteiger partial charge on any atom is 0.274 e. The fraction of sp³-hybridized carbons (Fsp3) is 0.625. The summed E-state index contributed by atoms with van der Waals surface area (Å²) in [4.78, 5) is 32.2. The number of fused-ring (bicyclic) bond motifs is 3. The number of ether oxygens (including phenoxy) is 1. The lowest BCUT2D eigenvalue weighted by molar-refractivity contribution is -0.103. The third kappa shape index (κ3) is 3.43. The number of carbonyl (C=O) groups is 2. The summed E-state index contributed by atoms with van der Waals surface area (Å²) in [6.45, 7) is 6.71. The highest BCUT2D eigenvalue weighted by atomic mass is 16.5. The summed E-state index contributed by atoms with van der Waals surface area (Å²) in [7, 11) is 1.67. The Hall–Kier alpha value is -2.41. The molecule has 31 heavy (non-hydrogen) atoms. The first kappa shape index (κ1) is 20.5. The molecule has 2 amide bonds. The fourth-order valence-electron chi connectivity index (χ4n) is 6.09. The molecule has 0 aromatic carbocycles. The van der Waals surface area contributed by atoms with E-state index in [4.69, 9.17) is 4.74 Å². The number of carbonyl (C=O) groups excluding carboxylic acids is 2. The lowest BCUT2D eigenvalue weighted by Crippen LogP contribution is -2.54. The normalized spacial score (nSPS) is 29.1. The van der Waals surface area contributed by atoms with Crippen LogP contribution in [0, 0.1) is 23.2 Å². The minimum atomic E-state index is -0.112. The third-order valence-corrected chi connectivity index (χ3v) is 8.24. The van der Waals surface area contributed by atoms with Gasteiger partial charge in [-0.05, 0) is 61.0 Å². The second-order valence-corrected chi connectivity index (χ2v) is 10.1. The van der Waals surface area contributed by atoms with Crippen LogP contribution >= 0.6 is 0 Å². The van der Waals surface area contributed by atoms with Crippen LogP contribution in [0.5, 0.6) is 0 Å². The first-order valence-corrected chi connectivity index (χ1v) is 11.5. The Bertz CT molecular complexity index is 1010. The van der Waals surface area contributed by atoms with E-state index in [0.29, 0.717) is 53.9 Å². The number of methoxy groups -OCH3 is 1. The summed E-state index contributed by atoms with van der Waals surface area (Å²) in [5, 5.41) is 3.16. The number of nitrogens with one attached hydrogen (secondary N) is 1. The van der Waals surface area contributed by atoms with E-state index >= 15 is 0 Å². The van der Waals surface area contributed by atoms with Crippen molar-refractivity contribution in [3.8, 4) is 0 Å². The van der Waals surface area contributed by atoms with E-state index in [2.05, 4.69) is 24.1 Å². The molecule has 3 heterocycles. The molecule has 6 rings (SSSR count). The van der Waals surface area contributed by atoms with Gasteiger partial charge in [0.15, 0.2) is 0 Å². The maximum atomic E-state index is 13.0. The highest BCUT2D eigenvalue weighted by molar-refractivity contribution is 5.95. The van der Waals surface area contributed by atoms with Gasteiger partial charge in [0, 0.05) is 32.9 Å². The number of amides is 2. The van der Waals surface area contributed by atoms with Gasteiger partial charge in [0.2, 0.25) is 0 Å². The Labute approximate surface area is 183 Å². The van der Waals surface area contributed by atoms with Crippen LogP contribution < -0.4 is 5.32 Å². The van der Waals surface area contributed by atoms with Crippen molar-refractivity contribution < 1.29 is 14.3 Å². The highest BCUT2D eigenvalue weighted by Crippen LogP contribution is 2.61. The zero-order valence-electron chi connectivity index (χ0n) is 18.6. The molecule has 1 aliphatic heterocycles. The molecule has 2 aromatic heterocycles. The van der Waals surface area contributed by atoms with Gasteiger partial charge in [0.1, 0.15) is 17.0 Å². The van der Waals surface area contributed by atoms with Crippen molar-refractivity contribution in [1.29, 1.82) is 0 Å². The molecule has 0 spiro atoms. The summed E-state index contributed by atoms with van der Waals surface area (Å²) < 4.78 is 7.10. The van der Waals surface area contributed by atoms with E-state index in [1.54, 1.807) is 28.7 Å². The first-order chi connectivity index (χ1) is 14.9. The Kier molecular flexibility index (Phi) is 5.04. The van der Waals surface area contributed by atoms with Crippen LogP contribution in [0.25, 0.3) is 5.65 Å². The molecule has 1 N–H and O–H groups in total. The summed E-state index contributed by atoms with van der Waals surface area (Å²) in [6.07, 6.45) is 6.38. The van der Waals surface area contributed by atoms with E-state index in [9.17, 15) is 9.59 Å². The molecular weight excluding hydrogens is 392 g/mol. The predicted octanol–water partition coefficient (Wildman–Crippen LogP) is 3.00. The van der Waals surface area contributed by atoms with E-state index < -0.39 is 0 Å². The number of nitrogens with zero attached hydrogens (tertiary/aromatic N) is 3. The highest BCUT2D eigenvalue weighted by Gasteiger charge is 2.53. The first-order valence-electron chi connectivity index (χ1n) is 11.5. The minimum absolute atomic E-state index is 0.0815. The Balaban J connectivity index is 1.30. The quantitative estimate of drug-likeness (QED) is 0.801. The lowest BCUT2D eigenvalue weighted by atomic mass is 9.45. The summed E-state index contributed by atoms with van der Waals surface area (Å²) >= 11 is 0. The average Bonchev–Trinajstić information content (AvgIpc) is 3.43. The molecule has 3 aliphatic carbocycles. The molecule has 2 bridgehead atoms. The van der Waals surface area contributed by atoms with Gasteiger partial charge in [0.25, 0.3) is 11.8 Å². The topological polar surface area (TPSA) is 75.9 Å². The van der Waals surface area contributed by atoms with Crippen LogP contribution in [0.3, 0.4) is 0 Å². The second kappa shape index (κ2) is 7.62. The SMILES string of the molecule is CO[C@H]1CCN(C(=O)c2cn3c(C(=O)NC[C@@H]4CC[C@H]5C[C@H]4C5(C)C)cccc3n2)C1. The number of aromatic nitrogens is 2. The van der Waals surface area contributed by atoms with Gasteiger partial charge < -0.3 is 15.0 Å². The predicted molar refractivity (Wildman–Crippen MR) is 117 cm³/mol. The lowest BCUT2D eigenvalue weighted by Gasteiger charge is -2.60. The molecule has 4 fully saturated rings. The van der Waals surface area contributed by atoms with Gasteiger partial charge in [-0.3, -0.25) is 14.0 Å². The molecular formula is C24H32N4O3. The Morgan fingerprint density at radius 3 is 2.81 bits per heavy atom. The van der Waals surface area contributed by atoms with Crippen molar-refractivity contribution >= 4 is 17.5 Å². The second-order valence-electron chi connectivity index (χ2n) is 10.1. The van der Waals surface area contributed by atoms with Crippen molar-refractivity contribution in [2.24, 2.45) is 23.2 Å². The van der Waals surface area contributed by atoms with Gasteiger partial charge in [0.05, 0.1) is 6.10 Å². The van der Waals surface area contributed by atoms with Gasteiger partial charge in [-0.25, -0.2) is 4.98 Å². The molecule has 3 saturated carbocycles. The molecule has 4 atom stereocenters. The largest absolute Gasteiger partial charge is 0.380 e. The van der Waals surface area contributed by atoms with Gasteiger partial charge in [-0.1, -0.05) is 19.9 Å². The monoisotopic (exact) mass is 424 g/mol. The van der Waals surface area contributed by atoms with Crippen LogP contribution in [0.4, 0.5) is 0 Å². The van der Waals surface area contributed by atoms with E-state index in [0.717, 1.165) is 12.3 Å². The number of rotatable bonds is 5. The number of hydrogen-bond donors (Lipinski definition) is 1. The number of likely N-dealkylation sites (tertiary alicyclic amines) is 1. The van der Waals surface area contributed by atoms with E-state index in [-0.39, 0.29) is 17.9 Å². The van der Waals surface area contributed by atoms with Crippen LogP contribution in [0.2, 0.25) is 0 Å². The van der Waals surface area contributed by atoms with E-state index in [1.807, 2.05) is 12.1 Å². The fourth-order valence-corrected chi connectivity index (χ4v) is 6.09. The zero-order chi connectivity index (χ0) is 21.8. The van der Waals surface area contributed by atoms with Gasteiger partial charge >= 0.3 is 0 Å². The van der Waals surface area contributed by atoms with Crippen molar-refractivity contribution in [2.75, 3.05) is 26.7 Å². The molecule has 7 heteroatoms. The number of hydrogen-bond acceptors (Lipinski definition) is 4. The van der Waals surface area contributed by atoms with Crippen LogP contribution in [0.1, 0.15) is 60.5 Å².